The normalized spacial score (nSPS) is 12.6. The average molecular weight is 478 g/mol. The Morgan fingerprint density at radius 2 is 1.85 bits per heavy atom. The first kappa shape index (κ1) is 26.1. The number of amides is 1. The van der Waals surface area contributed by atoms with Gasteiger partial charge < -0.3 is 10.1 Å². The predicted octanol–water partition coefficient (Wildman–Crippen LogP) is 3.63. The predicted molar refractivity (Wildman–Crippen MR) is 128 cm³/mol. The molecule has 1 N–H and O–H groups in total. The fourth-order valence-corrected chi connectivity index (χ4v) is 4.67. The average Bonchev–Trinajstić information content (AvgIpc) is 2.73. The van der Waals surface area contributed by atoms with Crippen molar-refractivity contribution in [1.29, 1.82) is 0 Å². The Labute approximate surface area is 195 Å². The van der Waals surface area contributed by atoms with Crippen molar-refractivity contribution in [3.63, 3.8) is 0 Å². The zero-order valence-corrected chi connectivity index (χ0v) is 20.4. The number of nitrogens with one attached hydrogen (secondary N) is 1. The van der Waals surface area contributed by atoms with Crippen LogP contribution in [0.4, 0.5) is 11.4 Å². The lowest BCUT2D eigenvalue weighted by Crippen LogP contribution is -2.50. The van der Waals surface area contributed by atoms with Gasteiger partial charge in [0.25, 0.3) is 5.69 Å². The van der Waals surface area contributed by atoms with Gasteiger partial charge >= 0.3 is 0 Å². The molecule has 1 amide bonds. The van der Waals surface area contributed by atoms with E-state index >= 15 is 0 Å². The quantitative estimate of drug-likeness (QED) is 0.317. The Morgan fingerprint density at radius 3 is 2.42 bits per heavy atom. The van der Waals surface area contributed by atoms with Crippen molar-refractivity contribution in [2.24, 2.45) is 0 Å². The van der Waals surface area contributed by atoms with Crippen molar-refractivity contribution in [1.82, 2.24) is 5.32 Å². The maximum absolute atomic E-state index is 12.9. The van der Waals surface area contributed by atoms with E-state index in [-0.39, 0.29) is 36.4 Å². The van der Waals surface area contributed by atoms with Crippen LogP contribution in [0.2, 0.25) is 0 Å². The lowest BCUT2D eigenvalue weighted by molar-refractivity contribution is -0.384. The van der Waals surface area contributed by atoms with Crippen LogP contribution in [0.15, 0.2) is 48.5 Å². The minimum absolute atomic E-state index is 0.0593. The number of ether oxygens (including phenoxy) is 1. The fourth-order valence-electron chi connectivity index (χ4n) is 3.47. The molecule has 0 bridgehead atoms. The zero-order chi connectivity index (χ0) is 24.8. The van der Waals surface area contributed by atoms with E-state index in [0.717, 1.165) is 27.9 Å². The number of rotatable bonds is 10. The van der Waals surface area contributed by atoms with Crippen LogP contribution < -0.4 is 14.4 Å². The van der Waals surface area contributed by atoms with Gasteiger partial charge in [-0.05, 0) is 29.5 Å². The topological polar surface area (TPSA) is 119 Å². The molecule has 9 nitrogen and oxygen atoms in total. The van der Waals surface area contributed by atoms with E-state index in [9.17, 15) is 23.3 Å². The van der Waals surface area contributed by atoms with Crippen molar-refractivity contribution < 1.29 is 22.9 Å². The molecule has 33 heavy (non-hydrogen) atoms. The maximum Gasteiger partial charge on any atom is 0.271 e. The molecule has 0 aliphatic heterocycles. The molecule has 1 atom stereocenters. The molecule has 0 aliphatic carbocycles. The summed E-state index contributed by atoms with van der Waals surface area (Å²) in [5, 5.41) is 13.8. The van der Waals surface area contributed by atoms with Gasteiger partial charge in [0.05, 0.1) is 23.4 Å². The molecule has 2 aromatic rings. The number of nitrogens with zero attached hydrogens (tertiary/aromatic N) is 2. The number of carbonyl (C=O) groups is 1. The summed E-state index contributed by atoms with van der Waals surface area (Å²) in [4.78, 5) is 23.4. The van der Waals surface area contributed by atoms with E-state index in [1.807, 2.05) is 24.3 Å². The second kappa shape index (κ2) is 10.7. The summed E-state index contributed by atoms with van der Waals surface area (Å²) in [5.74, 6) is 0.211. The molecular weight excluding hydrogens is 446 g/mol. The van der Waals surface area contributed by atoms with E-state index in [1.54, 1.807) is 6.92 Å². The number of para-hydroxylation sites is 1. The van der Waals surface area contributed by atoms with Crippen LogP contribution in [0, 0.1) is 10.1 Å². The van der Waals surface area contributed by atoms with E-state index in [0.29, 0.717) is 0 Å². The highest BCUT2D eigenvalue weighted by molar-refractivity contribution is 7.92. The molecule has 0 fully saturated rings. The van der Waals surface area contributed by atoms with Gasteiger partial charge in [-0.3, -0.25) is 19.2 Å². The number of hydrogen-bond acceptors (Lipinski definition) is 6. The lowest BCUT2D eigenvalue weighted by Gasteiger charge is -2.30. The minimum Gasteiger partial charge on any atom is -0.491 e. The highest BCUT2D eigenvalue weighted by atomic mass is 32.2. The number of carbonyl (C=O) groups excluding carboxylic acids is 1. The third kappa shape index (κ3) is 6.92. The van der Waals surface area contributed by atoms with Gasteiger partial charge in [-0.25, -0.2) is 8.42 Å². The second-order valence-corrected chi connectivity index (χ2v) is 10.5. The van der Waals surface area contributed by atoms with Crippen molar-refractivity contribution in [2.75, 3.05) is 23.7 Å². The summed E-state index contributed by atoms with van der Waals surface area (Å²) in [5.41, 5.74) is 0.726. The molecule has 0 aliphatic rings. The summed E-state index contributed by atoms with van der Waals surface area (Å²) in [7, 11) is -3.89. The van der Waals surface area contributed by atoms with E-state index in [2.05, 4.69) is 26.1 Å². The molecule has 1 unspecified atom stereocenters. The molecule has 0 spiro atoms. The highest BCUT2D eigenvalue weighted by Crippen LogP contribution is 2.31. The molecule has 0 saturated carbocycles. The van der Waals surface area contributed by atoms with Gasteiger partial charge in [0.15, 0.2) is 0 Å². The Morgan fingerprint density at radius 1 is 1.18 bits per heavy atom. The third-order valence-corrected chi connectivity index (χ3v) is 6.16. The number of nitro groups is 1. The summed E-state index contributed by atoms with van der Waals surface area (Å²) in [6.07, 6.45) is 1.14. The first-order valence-electron chi connectivity index (χ1n) is 10.6. The van der Waals surface area contributed by atoms with Crippen LogP contribution in [0.3, 0.4) is 0 Å². The fraction of sp³-hybridized carbons (Fsp3) is 0.435. The molecule has 2 aromatic carbocycles. The van der Waals surface area contributed by atoms with E-state index in [1.165, 1.54) is 18.2 Å². The number of nitro benzene ring substituents is 1. The molecular formula is C23H31N3O6S. The van der Waals surface area contributed by atoms with E-state index in [4.69, 9.17) is 4.74 Å². The van der Waals surface area contributed by atoms with Gasteiger partial charge in [0.2, 0.25) is 15.9 Å². The minimum atomic E-state index is -3.89. The first-order valence-corrected chi connectivity index (χ1v) is 12.4. The Bertz CT molecular complexity index is 1100. The molecule has 0 saturated heterocycles. The first-order chi connectivity index (χ1) is 15.4. The second-order valence-electron chi connectivity index (χ2n) is 8.65. The highest BCUT2D eigenvalue weighted by Gasteiger charge is 2.32. The lowest BCUT2D eigenvalue weighted by atomic mass is 9.86. The van der Waals surface area contributed by atoms with Crippen LogP contribution in [-0.4, -0.2) is 44.7 Å². The van der Waals surface area contributed by atoms with Crippen molar-refractivity contribution >= 4 is 27.3 Å². The number of benzene rings is 2. The van der Waals surface area contributed by atoms with Crippen molar-refractivity contribution in [3.8, 4) is 5.75 Å². The standard InChI is InChI=1S/C23H31N3O6S/c1-6-20(25(33(5,30)31)17-10-9-11-18(16-17)26(28)29)22(27)24-14-15-32-21-13-8-7-12-19(21)23(2,3)4/h7-13,16,20H,6,14-15H2,1-5H3,(H,24,27). The van der Waals surface area contributed by atoms with Gasteiger partial charge in [0, 0.05) is 12.1 Å². The molecule has 10 heteroatoms. The molecule has 0 radical (unpaired) electrons. The van der Waals surface area contributed by atoms with E-state index < -0.39 is 26.9 Å². The Kier molecular flexibility index (Phi) is 8.43. The van der Waals surface area contributed by atoms with Crippen molar-refractivity contribution in [3.05, 3.63) is 64.2 Å². The van der Waals surface area contributed by atoms with Crippen LogP contribution in [0.1, 0.15) is 39.7 Å². The van der Waals surface area contributed by atoms with Gasteiger partial charge in [-0.15, -0.1) is 0 Å². The molecule has 180 valence electrons. The molecule has 2 rings (SSSR count). The Balaban J connectivity index is 2.13. The molecule has 0 heterocycles. The summed E-state index contributed by atoms with van der Waals surface area (Å²) in [6, 6.07) is 11.8. The van der Waals surface area contributed by atoms with Gasteiger partial charge in [-0.1, -0.05) is 52.0 Å². The third-order valence-electron chi connectivity index (χ3n) is 4.98. The number of non-ortho nitro benzene ring substituents is 1. The summed E-state index contributed by atoms with van der Waals surface area (Å²) in [6.45, 7) is 8.28. The SMILES string of the molecule is CCC(C(=O)NCCOc1ccccc1C(C)(C)C)N(c1cccc([N+](=O)[O-])c1)S(C)(=O)=O. The van der Waals surface area contributed by atoms with Crippen LogP contribution in [-0.2, 0) is 20.2 Å². The smallest absolute Gasteiger partial charge is 0.271 e. The number of hydrogen-bond donors (Lipinski definition) is 1. The molecule has 0 aromatic heterocycles. The maximum atomic E-state index is 12.9. The zero-order valence-electron chi connectivity index (χ0n) is 19.6. The van der Waals surface area contributed by atoms with Crippen LogP contribution in [0.5, 0.6) is 5.75 Å². The van der Waals surface area contributed by atoms with Gasteiger partial charge in [-0.2, -0.15) is 0 Å². The number of anilines is 1. The largest absolute Gasteiger partial charge is 0.491 e. The monoisotopic (exact) mass is 477 g/mol. The van der Waals surface area contributed by atoms with Gasteiger partial charge in [0.1, 0.15) is 18.4 Å². The van der Waals surface area contributed by atoms with Crippen molar-refractivity contribution in [2.45, 2.75) is 45.6 Å². The van der Waals surface area contributed by atoms with Crippen LogP contribution >= 0.6 is 0 Å². The number of sulfonamides is 1. The summed E-state index contributed by atoms with van der Waals surface area (Å²) >= 11 is 0. The Hall–Kier alpha value is -3.14. The summed E-state index contributed by atoms with van der Waals surface area (Å²) < 4.78 is 31.8. The van der Waals surface area contributed by atoms with Crippen LogP contribution in [0.25, 0.3) is 0 Å².